The van der Waals surface area contributed by atoms with Crippen LogP contribution < -0.4 is 4.74 Å². The third kappa shape index (κ3) is 3.42. The van der Waals surface area contributed by atoms with Crippen molar-refractivity contribution in [1.29, 1.82) is 0 Å². The number of carbonyl (C=O) groups excluding carboxylic acids is 1. The second kappa shape index (κ2) is 6.33. The molecule has 0 heterocycles. The lowest BCUT2D eigenvalue weighted by molar-refractivity contribution is -0.173. The molecule has 0 N–H and O–H groups in total. The fraction of sp³-hybridized carbons (Fsp3) is 0.462. The quantitative estimate of drug-likeness (QED) is 0.735. The summed E-state index contributed by atoms with van der Waals surface area (Å²) in [5, 5.41) is 0. The molecule has 18 heavy (non-hydrogen) atoms. The van der Waals surface area contributed by atoms with Crippen molar-refractivity contribution in [2.75, 3.05) is 13.2 Å². The van der Waals surface area contributed by atoms with Crippen LogP contribution in [0.5, 0.6) is 5.75 Å². The van der Waals surface area contributed by atoms with Crippen molar-refractivity contribution in [1.82, 2.24) is 0 Å². The minimum atomic E-state index is -3.63. The van der Waals surface area contributed by atoms with E-state index in [9.17, 15) is 13.6 Å². The maximum Gasteiger partial charge on any atom is 0.381 e. The van der Waals surface area contributed by atoms with E-state index in [1.54, 1.807) is 0 Å². The molecule has 0 radical (unpaired) electrons. The van der Waals surface area contributed by atoms with E-state index in [4.69, 9.17) is 4.74 Å². The Kier molecular flexibility index (Phi) is 5.07. The zero-order valence-corrected chi connectivity index (χ0v) is 10.4. The normalized spacial score (nSPS) is 11.1. The highest BCUT2D eigenvalue weighted by Crippen LogP contribution is 2.30. The molecule has 0 spiro atoms. The molecule has 0 aliphatic carbocycles. The van der Waals surface area contributed by atoms with Crippen LogP contribution in [0.3, 0.4) is 0 Å². The maximum absolute atomic E-state index is 13.6. The molecule has 3 nitrogen and oxygen atoms in total. The Labute approximate surface area is 105 Å². The smallest absolute Gasteiger partial charge is 0.381 e. The van der Waals surface area contributed by atoms with Gasteiger partial charge in [0.1, 0.15) is 5.75 Å². The Hall–Kier alpha value is -1.65. The summed E-state index contributed by atoms with van der Waals surface area (Å²) in [6.07, 6.45) is 0.834. The van der Waals surface area contributed by atoms with Gasteiger partial charge in [-0.1, -0.05) is 6.92 Å². The average molecular weight is 258 g/mol. The fourth-order valence-electron chi connectivity index (χ4n) is 1.32. The van der Waals surface area contributed by atoms with Crippen LogP contribution in [0.2, 0.25) is 0 Å². The van der Waals surface area contributed by atoms with Gasteiger partial charge in [-0.05, 0) is 37.6 Å². The van der Waals surface area contributed by atoms with Crippen LogP contribution >= 0.6 is 0 Å². The lowest BCUT2D eigenvalue weighted by atomic mass is 10.1. The Bertz CT molecular complexity index is 388. The summed E-state index contributed by atoms with van der Waals surface area (Å²) in [7, 11) is 0. The van der Waals surface area contributed by atoms with Crippen LogP contribution in [0.25, 0.3) is 0 Å². The molecule has 0 aliphatic heterocycles. The van der Waals surface area contributed by atoms with Crippen LogP contribution in [0.15, 0.2) is 24.3 Å². The zero-order valence-electron chi connectivity index (χ0n) is 10.4. The van der Waals surface area contributed by atoms with E-state index in [0.717, 1.165) is 6.42 Å². The predicted octanol–water partition coefficient (Wildman–Crippen LogP) is 3.13. The molecule has 100 valence electrons. The minimum absolute atomic E-state index is 0.0773. The van der Waals surface area contributed by atoms with Gasteiger partial charge < -0.3 is 9.47 Å². The molecule has 0 saturated carbocycles. The van der Waals surface area contributed by atoms with Crippen LogP contribution in [-0.4, -0.2) is 19.2 Å². The lowest BCUT2D eigenvalue weighted by Gasteiger charge is -2.15. The standard InChI is InChI=1S/C13H16F2O3/c1-3-9-18-11-7-5-10(6-8-11)13(14,15)12(16)17-4-2/h5-8H,3-4,9H2,1-2H3. The molecular formula is C13H16F2O3. The SMILES string of the molecule is CCCOc1ccc(C(F)(F)C(=O)OCC)cc1. The van der Waals surface area contributed by atoms with Crippen molar-refractivity contribution >= 4 is 5.97 Å². The van der Waals surface area contributed by atoms with E-state index in [1.807, 2.05) is 6.92 Å². The molecule has 0 atom stereocenters. The molecule has 1 rings (SSSR count). The van der Waals surface area contributed by atoms with Crippen molar-refractivity contribution in [2.45, 2.75) is 26.2 Å². The van der Waals surface area contributed by atoms with Gasteiger partial charge in [-0.15, -0.1) is 0 Å². The first-order valence-electron chi connectivity index (χ1n) is 5.80. The van der Waals surface area contributed by atoms with E-state index >= 15 is 0 Å². The molecule has 0 bridgehead atoms. The maximum atomic E-state index is 13.6. The third-order valence-electron chi connectivity index (χ3n) is 2.22. The largest absolute Gasteiger partial charge is 0.494 e. The van der Waals surface area contributed by atoms with E-state index < -0.39 is 17.5 Å². The Morgan fingerprint density at radius 1 is 1.22 bits per heavy atom. The number of alkyl halides is 2. The first-order chi connectivity index (χ1) is 8.52. The first-order valence-corrected chi connectivity index (χ1v) is 5.80. The average Bonchev–Trinajstić information content (AvgIpc) is 2.37. The van der Waals surface area contributed by atoms with Crippen molar-refractivity contribution < 1.29 is 23.0 Å². The summed E-state index contributed by atoms with van der Waals surface area (Å²) in [6, 6.07) is 5.17. The van der Waals surface area contributed by atoms with Crippen molar-refractivity contribution in [3.05, 3.63) is 29.8 Å². The highest BCUT2D eigenvalue weighted by Gasteiger charge is 2.42. The zero-order chi connectivity index (χ0) is 13.6. The Balaban J connectivity index is 2.80. The van der Waals surface area contributed by atoms with E-state index in [0.29, 0.717) is 12.4 Å². The van der Waals surface area contributed by atoms with Crippen molar-refractivity contribution in [2.24, 2.45) is 0 Å². The van der Waals surface area contributed by atoms with E-state index in [1.165, 1.54) is 31.2 Å². The molecule has 1 aromatic rings. The van der Waals surface area contributed by atoms with Gasteiger partial charge in [0.25, 0.3) is 0 Å². The molecule has 0 unspecified atom stereocenters. The summed E-state index contributed by atoms with van der Waals surface area (Å²) >= 11 is 0. The van der Waals surface area contributed by atoms with Crippen LogP contribution in [0, 0.1) is 0 Å². The van der Waals surface area contributed by atoms with Crippen molar-refractivity contribution in [3.8, 4) is 5.75 Å². The predicted molar refractivity (Wildman–Crippen MR) is 62.8 cm³/mol. The second-order valence-electron chi connectivity index (χ2n) is 3.67. The second-order valence-corrected chi connectivity index (χ2v) is 3.67. The third-order valence-corrected chi connectivity index (χ3v) is 2.22. The van der Waals surface area contributed by atoms with Gasteiger partial charge in [0.05, 0.1) is 13.2 Å². The topological polar surface area (TPSA) is 35.5 Å². The molecule has 1 aromatic carbocycles. The Morgan fingerprint density at radius 2 is 1.83 bits per heavy atom. The highest BCUT2D eigenvalue weighted by atomic mass is 19.3. The number of halogens is 2. The minimum Gasteiger partial charge on any atom is -0.494 e. The Morgan fingerprint density at radius 3 is 2.33 bits per heavy atom. The number of ether oxygens (including phenoxy) is 2. The molecule has 0 saturated heterocycles. The summed E-state index contributed by atoms with van der Waals surface area (Å²) in [6.45, 7) is 3.87. The van der Waals surface area contributed by atoms with Gasteiger partial charge in [0.2, 0.25) is 0 Å². The molecule has 5 heteroatoms. The molecular weight excluding hydrogens is 242 g/mol. The molecule has 0 fully saturated rings. The number of hydrogen-bond donors (Lipinski definition) is 0. The number of benzene rings is 1. The fourth-order valence-corrected chi connectivity index (χ4v) is 1.32. The molecule has 0 amide bonds. The van der Waals surface area contributed by atoms with Crippen molar-refractivity contribution in [3.63, 3.8) is 0 Å². The van der Waals surface area contributed by atoms with Crippen LogP contribution in [0.4, 0.5) is 8.78 Å². The highest BCUT2D eigenvalue weighted by molar-refractivity contribution is 5.79. The number of esters is 1. The van der Waals surface area contributed by atoms with Gasteiger partial charge in [-0.25, -0.2) is 4.79 Å². The van der Waals surface area contributed by atoms with Crippen LogP contribution in [-0.2, 0) is 15.5 Å². The van der Waals surface area contributed by atoms with Gasteiger partial charge in [-0.2, -0.15) is 8.78 Å². The van der Waals surface area contributed by atoms with E-state index in [-0.39, 0.29) is 6.61 Å². The summed E-state index contributed by atoms with van der Waals surface area (Å²) in [5.41, 5.74) is -0.398. The van der Waals surface area contributed by atoms with Gasteiger partial charge in [0.15, 0.2) is 0 Å². The van der Waals surface area contributed by atoms with Gasteiger partial charge in [0, 0.05) is 5.56 Å². The molecule has 0 aliphatic rings. The number of hydrogen-bond acceptors (Lipinski definition) is 3. The monoisotopic (exact) mass is 258 g/mol. The molecule has 0 aromatic heterocycles. The number of carbonyl (C=O) groups is 1. The van der Waals surface area contributed by atoms with Gasteiger partial charge >= 0.3 is 11.9 Å². The number of rotatable bonds is 6. The summed E-state index contributed by atoms with van der Waals surface area (Å²) in [5.74, 6) is -4.66. The summed E-state index contributed by atoms with van der Waals surface area (Å²) in [4.78, 5) is 11.1. The van der Waals surface area contributed by atoms with E-state index in [2.05, 4.69) is 4.74 Å². The summed E-state index contributed by atoms with van der Waals surface area (Å²) < 4.78 is 36.8. The van der Waals surface area contributed by atoms with Gasteiger partial charge in [-0.3, -0.25) is 0 Å². The van der Waals surface area contributed by atoms with Crippen LogP contribution in [0.1, 0.15) is 25.8 Å². The lowest BCUT2D eigenvalue weighted by Crippen LogP contribution is -2.28. The first kappa shape index (κ1) is 14.4.